The average Bonchev–Trinajstić information content (AvgIpc) is 3.70. The maximum Gasteiger partial charge on any atom is 0.276 e. The fourth-order valence-corrected chi connectivity index (χ4v) is 8.20. The number of aromatic hydroxyl groups is 1. The minimum absolute atomic E-state index is 0.121. The molecule has 0 saturated carbocycles. The number of ketones is 1. The largest absolute Gasteiger partial charge is 0.506 e. The maximum absolute atomic E-state index is 13.1. The van der Waals surface area contributed by atoms with E-state index in [-0.39, 0.29) is 36.1 Å². The number of rotatable bonds is 7. The van der Waals surface area contributed by atoms with E-state index in [9.17, 15) is 25.2 Å². The molecular weight excluding hydrogens is 596 g/mol. The van der Waals surface area contributed by atoms with Crippen LogP contribution in [0.4, 0.5) is 0 Å². The van der Waals surface area contributed by atoms with E-state index in [1.807, 2.05) is 13.0 Å². The van der Waals surface area contributed by atoms with Crippen molar-refractivity contribution in [3.05, 3.63) is 28.3 Å². The summed E-state index contributed by atoms with van der Waals surface area (Å²) < 4.78 is 55.3. The first-order valence-electron chi connectivity index (χ1n) is 15.0. The van der Waals surface area contributed by atoms with Gasteiger partial charge in [-0.25, -0.2) is 0 Å². The number of fused-ring (bicyclic) bond motifs is 8. The Bertz CT molecular complexity index is 1590. The van der Waals surface area contributed by atoms with Gasteiger partial charge in [0.2, 0.25) is 11.4 Å². The number of phenolic OH excluding ortho intramolecular Hbond substituents is 1. The predicted octanol–water partition coefficient (Wildman–Crippen LogP) is 0.523. The molecule has 4 saturated heterocycles. The first kappa shape index (κ1) is 29.8. The molecular formula is C31H36O14. The van der Waals surface area contributed by atoms with Crippen LogP contribution in [0.2, 0.25) is 0 Å². The number of benzene rings is 2. The van der Waals surface area contributed by atoms with Gasteiger partial charge in [0.05, 0.1) is 31.3 Å². The van der Waals surface area contributed by atoms with Crippen molar-refractivity contribution in [3.63, 3.8) is 0 Å². The summed E-state index contributed by atoms with van der Waals surface area (Å²) in [6, 6.07) is 1.89. The zero-order valence-electron chi connectivity index (χ0n) is 25.2. The molecule has 5 aliphatic heterocycles. The SMILES string of the molecule is COc1c2c(c(O)c3c4c(c(C)cc13)C1OC3(COC5OC(CO)C(O)C(O)C5OC)OC1[C@@](OC)(O4)[C@@]31CO1)C(=O)CCC2. The summed E-state index contributed by atoms with van der Waals surface area (Å²) in [5.41, 5.74) is 0.999. The van der Waals surface area contributed by atoms with Gasteiger partial charge >= 0.3 is 0 Å². The van der Waals surface area contributed by atoms with Crippen LogP contribution in [0.1, 0.15) is 46.0 Å². The molecule has 1 aliphatic carbocycles. The van der Waals surface area contributed by atoms with Crippen LogP contribution in [-0.2, 0) is 39.6 Å². The molecule has 244 valence electrons. The van der Waals surface area contributed by atoms with Crippen LogP contribution in [0.25, 0.3) is 10.8 Å². The summed E-state index contributed by atoms with van der Waals surface area (Å²) in [7, 11) is 4.36. The minimum Gasteiger partial charge on any atom is -0.506 e. The summed E-state index contributed by atoms with van der Waals surface area (Å²) in [6.45, 7) is 1.19. The zero-order chi connectivity index (χ0) is 31.6. The number of Topliss-reactive ketones (excluding diaryl/α,β-unsaturated/α-hetero) is 1. The van der Waals surface area contributed by atoms with Gasteiger partial charge in [0.25, 0.3) is 5.79 Å². The monoisotopic (exact) mass is 632 g/mol. The molecule has 8 rings (SSSR count). The smallest absolute Gasteiger partial charge is 0.276 e. The first-order chi connectivity index (χ1) is 21.6. The Hall–Kier alpha value is -2.63. The molecule has 6 aliphatic rings. The summed E-state index contributed by atoms with van der Waals surface area (Å²) in [5, 5.41) is 43.2. The molecule has 0 radical (unpaired) electrons. The number of phenols is 1. The van der Waals surface area contributed by atoms with Gasteiger partial charge in [-0.05, 0) is 31.4 Å². The molecule has 4 fully saturated rings. The second kappa shape index (κ2) is 9.94. The Morgan fingerprint density at radius 1 is 1.11 bits per heavy atom. The molecule has 0 aromatic heterocycles. The summed E-state index contributed by atoms with van der Waals surface area (Å²) >= 11 is 0. The Morgan fingerprint density at radius 3 is 2.56 bits per heavy atom. The van der Waals surface area contributed by atoms with Gasteiger partial charge in [-0.15, -0.1) is 0 Å². The zero-order valence-corrected chi connectivity index (χ0v) is 25.2. The van der Waals surface area contributed by atoms with Crippen LogP contribution in [0.5, 0.6) is 17.2 Å². The fraction of sp³-hybridized carbons (Fsp3) is 0.645. The fourth-order valence-electron chi connectivity index (χ4n) is 8.20. The van der Waals surface area contributed by atoms with E-state index in [1.165, 1.54) is 14.2 Å². The third kappa shape index (κ3) is 3.55. The maximum atomic E-state index is 13.1. The molecule has 45 heavy (non-hydrogen) atoms. The number of hydrogen-bond acceptors (Lipinski definition) is 14. The first-order valence-corrected chi connectivity index (χ1v) is 15.0. The highest BCUT2D eigenvalue weighted by atomic mass is 16.9. The van der Waals surface area contributed by atoms with Crippen molar-refractivity contribution in [2.75, 3.05) is 41.2 Å². The van der Waals surface area contributed by atoms with E-state index >= 15 is 0 Å². The van der Waals surface area contributed by atoms with Crippen molar-refractivity contribution in [2.45, 2.75) is 86.3 Å². The lowest BCUT2D eigenvalue weighted by Crippen LogP contribution is -2.68. The predicted molar refractivity (Wildman–Crippen MR) is 149 cm³/mol. The molecule has 1 spiro atoms. The highest BCUT2D eigenvalue weighted by Gasteiger charge is 2.91. The number of aliphatic hydroxyl groups is 3. The lowest BCUT2D eigenvalue weighted by Gasteiger charge is -2.48. The van der Waals surface area contributed by atoms with E-state index in [2.05, 4.69) is 0 Å². The second-order valence-electron chi connectivity index (χ2n) is 12.5. The van der Waals surface area contributed by atoms with Crippen molar-refractivity contribution in [1.29, 1.82) is 0 Å². The average molecular weight is 633 g/mol. The number of aryl methyl sites for hydroxylation is 1. The third-order valence-electron chi connectivity index (χ3n) is 10.4. The van der Waals surface area contributed by atoms with Crippen molar-refractivity contribution in [2.24, 2.45) is 0 Å². The number of carbonyl (C=O) groups excluding carboxylic acids is 1. The van der Waals surface area contributed by atoms with Gasteiger partial charge < -0.3 is 63.1 Å². The highest BCUT2D eigenvalue weighted by Crippen LogP contribution is 2.71. The topological polar surface area (TPSA) is 184 Å². The van der Waals surface area contributed by atoms with Gasteiger partial charge in [0.15, 0.2) is 18.2 Å². The van der Waals surface area contributed by atoms with Crippen LogP contribution in [0, 0.1) is 6.92 Å². The van der Waals surface area contributed by atoms with E-state index in [4.69, 9.17) is 42.6 Å². The number of ether oxygens (including phenoxy) is 9. The standard InChI is InChI=1S/C31H36O14/c1-12-8-14-19(21(35)18-13(23(14)37-2)6-5-7-15(18)33)24-17(12)25-27-31(39-4,44-24)29(10-41-29)30(43-25,45-27)11-40-28-26(38-3)22(36)20(34)16(9-32)42-28/h8,16,20,22,25-28,32,34-36H,5-7,9-11H2,1-4H3/t16?,20?,22?,25?,26?,27?,28?,29-,30?,31-/m1/s1. The lowest BCUT2D eigenvalue weighted by atomic mass is 9.78. The molecule has 14 heteroatoms. The van der Waals surface area contributed by atoms with Crippen LogP contribution in [0.15, 0.2) is 6.07 Å². The van der Waals surface area contributed by atoms with Crippen LogP contribution >= 0.6 is 0 Å². The molecule has 14 nitrogen and oxygen atoms in total. The van der Waals surface area contributed by atoms with Crippen molar-refractivity contribution < 1.29 is 67.9 Å². The molecule has 8 unspecified atom stereocenters. The number of methoxy groups -OCH3 is 3. The van der Waals surface area contributed by atoms with E-state index < -0.39 is 66.7 Å². The van der Waals surface area contributed by atoms with E-state index in [1.54, 1.807) is 7.11 Å². The van der Waals surface area contributed by atoms with Gasteiger partial charge in [-0.3, -0.25) is 4.79 Å². The lowest BCUT2D eigenvalue weighted by molar-refractivity contribution is -0.339. The molecule has 5 heterocycles. The van der Waals surface area contributed by atoms with E-state index in [0.29, 0.717) is 46.9 Å². The van der Waals surface area contributed by atoms with Crippen LogP contribution < -0.4 is 9.47 Å². The third-order valence-corrected chi connectivity index (χ3v) is 10.4. The highest BCUT2D eigenvalue weighted by molar-refractivity contribution is 6.11. The minimum atomic E-state index is -1.56. The molecule has 2 aromatic carbocycles. The normalized spacial score (nSPS) is 40.9. The van der Waals surface area contributed by atoms with Gasteiger partial charge in [0.1, 0.15) is 54.4 Å². The molecule has 2 aromatic rings. The van der Waals surface area contributed by atoms with Crippen LogP contribution in [-0.4, -0.2) is 121 Å². The Morgan fingerprint density at radius 2 is 1.89 bits per heavy atom. The van der Waals surface area contributed by atoms with Gasteiger partial charge in [-0.2, -0.15) is 0 Å². The van der Waals surface area contributed by atoms with Crippen LogP contribution in [0.3, 0.4) is 0 Å². The van der Waals surface area contributed by atoms with Crippen molar-refractivity contribution in [1.82, 2.24) is 0 Å². The van der Waals surface area contributed by atoms with Gasteiger partial charge in [0, 0.05) is 37.2 Å². The molecule has 4 N–H and O–H groups in total. The van der Waals surface area contributed by atoms with Crippen molar-refractivity contribution >= 4 is 16.6 Å². The van der Waals surface area contributed by atoms with E-state index in [0.717, 1.165) is 5.56 Å². The quantitative estimate of drug-likeness (QED) is 0.310. The molecule has 10 atom stereocenters. The Balaban J connectivity index is 1.23. The number of aliphatic hydroxyl groups excluding tert-OH is 3. The Labute approximate surface area is 257 Å². The second-order valence-corrected chi connectivity index (χ2v) is 12.5. The molecule has 2 bridgehead atoms. The number of hydrogen-bond donors (Lipinski definition) is 4. The number of epoxide rings is 1. The summed E-state index contributed by atoms with van der Waals surface area (Å²) in [4.78, 5) is 13.1. The van der Waals surface area contributed by atoms with Crippen molar-refractivity contribution in [3.8, 4) is 17.2 Å². The van der Waals surface area contributed by atoms with Gasteiger partial charge in [-0.1, -0.05) is 0 Å². The number of carbonyl (C=O) groups is 1. The molecule has 0 amide bonds. The summed E-state index contributed by atoms with van der Waals surface area (Å²) in [5.74, 6) is -2.63. The Kier molecular flexibility index (Phi) is 6.57. The summed E-state index contributed by atoms with van der Waals surface area (Å²) in [6.07, 6.45) is -6.17.